The fourth-order valence-corrected chi connectivity index (χ4v) is 5.42. The molecule has 0 saturated carbocycles. The van der Waals surface area contributed by atoms with Crippen LogP contribution in [0.3, 0.4) is 0 Å². The molecule has 33 heavy (non-hydrogen) atoms. The number of H-pyrrole nitrogens is 1. The second-order valence-electron chi connectivity index (χ2n) is 11.0. The Morgan fingerprint density at radius 3 is 2.36 bits per heavy atom. The maximum absolute atomic E-state index is 12.7. The van der Waals surface area contributed by atoms with Gasteiger partial charge in [-0.25, -0.2) is 0 Å². The lowest BCUT2D eigenvalue weighted by molar-refractivity contribution is 0.0910. The predicted octanol–water partition coefficient (Wildman–Crippen LogP) is 3.94. The van der Waals surface area contributed by atoms with Crippen LogP contribution in [0.4, 0.5) is 0 Å². The van der Waals surface area contributed by atoms with Gasteiger partial charge in [-0.3, -0.25) is 19.3 Å². The lowest BCUT2D eigenvalue weighted by atomic mass is 9.75. The zero-order valence-electron chi connectivity index (χ0n) is 20.2. The van der Waals surface area contributed by atoms with Crippen LogP contribution < -0.4 is 10.9 Å². The standard InChI is InChI=1S/C27H35N3O3/c1-17-9-18(2)15-30(14-17)16-20-7-5-19(6-8-20)13-28-25(32)22-10-21-23(29-26(22)33)11-27(3,4)12-24(21)31/h5-8,10,17-18H,9,11-16H2,1-4H3,(H,28,32)(H,29,33). The molecule has 0 bridgehead atoms. The molecule has 1 saturated heterocycles. The number of amides is 1. The molecule has 1 aromatic heterocycles. The van der Waals surface area contributed by atoms with Gasteiger partial charge in [0, 0.05) is 43.9 Å². The molecular weight excluding hydrogens is 414 g/mol. The van der Waals surface area contributed by atoms with Crippen molar-refractivity contribution in [1.82, 2.24) is 15.2 Å². The highest BCUT2D eigenvalue weighted by atomic mass is 16.2. The molecule has 1 fully saturated rings. The second kappa shape index (κ2) is 9.26. The lowest BCUT2D eigenvalue weighted by Gasteiger charge is -2.35. The normalized spacial score (nSPS) is 22.6. The molecule has 1 amide bonds. The lowest BCUT2D eigenvalue weighted by Crippen LogP contribution is -2.38. The van der Waals surface area contributed by atoms with Crippen LogP contribution in [0.1, 0.15) is 78.1 Å². The number of aromatic amines is 1. The molecule has 4 rings (SSSR count). The van der Waals surface area contributed by atoms with Crippen LogP contribution in [-0.2, 0) is 19.5 Å². The van der Waals surface area contributed by atoms with E-state index in [4.69, 9.17) is 0 Å². The number of pyridine rings is 1. The number of benzene rings is 1. The number of ketones is 1. The Morgan fingerprint density at radius 1 is 1.06 bits per heavy atom. The molecule has 6 nitrogen and oxygen atoms in total. The van der Waals surface area contributed by atoms with Crippen molar-refractivity contribution in [3.8, 4) is 0 Å². The predicted molar refractivity (Wildman–Crippen MR) is 129 cm³/mol. The average molecular weight is 450 g/mol. The number of hydrogen-bond acceptors (Lipinski definition) is 4. The van der Waals surface area contributed by atoms with Crippen LogP contribution in [0.5, 0.6) is 0 Å². The number of aromatic nitrogens is 1. The van der Waals surface area contributed by atoms with Crippen molar-refractivity contribution in [1.29, 1.82) is 0 Å². The molecule has 176 valence electrons. The second-order valence-corrected chi connectivity index (χ2v) is 11.0. The third-order valence-electron chi connectivity index (χ3n) is 6.79. The zero-order chi connectivity index (χ0) is 23.8. The van der Waals surface area contributed by atoms with Crippen molar-refractivity contribution >= 4 is 11.7 Å². The van der Waals surface area contributed by atoms with E-state index in [1.165, 1.54) is 18.1 Å². The van der Waals surface area contributed by atoms with Crippen molar-refractivity contribution in [2.45, 2.75) is 60.0 Å². The first kappa shape index (κ1) is 23.4. The summed E-state index contributed by atoms with van der Waals surface area (Å²) in [7, 11) is 0. The van der Waals surface area contributed by atoms with Gasteiger partial charge in [0.1, 0.15) is 5.56 Å². The number of carbonyl (C=O) groups is 2. The highest BCUT2D eigenvalue weighted by Crippen LogP contribution is 2.33. The molecule has 2 unspecified atom stereocenters. The van der Waals surface area contributed by atoms with Crippen molar-refractivity contribution in [3.63, 3.8) is 0 Å². The smallest absolute Gasteiger partial charge is 0.261 e. The van der Waals surface area contributed by atoms with Crippen LogP contribution in [0.2, 0.25) is 0 Å². The summed E-state index contributed by atoms with van der Waals surface area (Å²) >= 11 is 0. The molecule has 2 aromatic rings. The topological polar surface area (TPSA) is 82.3 Å². The molecule has 1 aliphatic heterocycles. The third kappa shape index (κ3) is 5.61. The monoisotopic (exact) mass is 449 g/mol. The summed E-state index contributed by atoms with van der Waals surface area (Å²) in [6, 6.07) is 9.73. The first-order chi connectivity index (χ1) is 15.6. The largest absolute Gasteiger partial charge is 0.348 e. The van der Waals surface area contributed by atoms with E-state index in [1.54, 1.807) is 0 Å². The van der Waals surface area contributed by atoms with E-state index in [0.717, 1.165) is 37.0 Å². The van der Waals surface area contributed by atoms with Gasteiger partial charge in [0.25, 0.3) is 11.5 Å². The van der Waals surface area contributed by atoms with Crippen LogP contribution in [0, 0.1) is 17.3 Å². The number of hydrogen-bond donors (Lipinski definition) is 2. The fourth-order valence-electron chi connectivity index (χ4n) is 5.42. The SMILES string of the molecule is CC1CC(C)CN(Cc2ccc(CNC(=O)c3cc4c([nH]c3=O)CC(C)(C)CC4=O)cc2)C1. The molecular formula is C27H35N3O3. The van der Waals surface area contributed by atoms with Crippen LogP contribution in [0.25, 0.3) is 0 Å². The highest BCUT2D eigenvalue weighted by Gasteiger charge is 2.32. The van der Waals surface area contributed by atoms with Crippen LogP contribution in [0.15, 0.2) is 35.1 Å². The summed E-state index contributed by atoms with van der Waals surface area (Å²) in [5, 5.41) is 2.83. The molecule has 1 aromatic carbocycles. The Hall–Kier alpha value is -2.73. The van der Waals surface area contributed by atoms with Crippen LogP contribution in [-0.4, -0.2) is 34.7 Å². The number of piperidine rings is 1. The highest BCUT2D eigenvalue weighted by molar-refractivity contribution is 6.02. The summed E-state index contributed by atoms with van der Waals surface area (Å²) in [6.07, 6.45) is 2.33. The number of nitrogens with one attached hydrogen (secondary N) is 2. The van der Waals surface area contributed by atoms with Gasteiger partial charge in [-0.15, -0.1) is 0 Å². The minimum absolute atomic E-state index is 0.00763. The van der Waals surface area contributed by atoms with Gasteiger partial charge in [-0.1, -0.05) is 52.0 Å². The Morgan fingerprint density at radius 2 is 1.70 bits per heavy atom. The summed E-state index contributed by atoms with van der Waals surface area (Å²) < 4.78 is 0. The minimum Gasteiger partial charge on any atom is -0.348 e. The number of Topliss-reactive ketones (excluding diaryl/α,β-unsaturated/α-hetero) is 1. The van der Waals surface area contributed by atoms with E-state index in [-0.39, 0.29) is 16.8 Å². The number of carbonyl (C=O) groups excluding carboxylic acids is 2. The van der Waals surface area contributed by atoms with Gasteiger partial charge >= 0.3 is 0 Å². The molecule has 2 aliphatic rings. The van der Waals surface area contributed by atoms with E-state index < -0.39 is 11.5 Å². The third-order valence-corrected chi connectivity index (χ3v) is 6.79. The van der Waals surface area contributed by atoms with Crippen molar-refractivity contribution < 1.29 is 9.59 Å². The summed E-state index contributed by atoms with van der Waals surface area (Å²) in [6.45, 7) is 12.2. The van der Waals surface area contributed by atoms with Crippen molar-refractivity contribution in [2.24, 2.45) is 17.3 Å². The Kier molecular flexibility index (Phi) is 6.57. The number of fused-ring (bicyclic) bond motifs is 1. The van der Waals surface area contributed by atoms with Gasteiger partial charge in [0.05, 0.1) is 0 Å². The molecule has 1 aliphatic carbocycles. The van der Waals surface area contributed by atoms with Gasteiger partial charge in [-0.2, -0.15) is 0 Å². The molecule has 0 spiro atoms. The first-order valence-electron chi connectivity index (χ1n) is 12.0. The van der Waals surface area contributed by atoms with E-state index in [9.17, 15) is 14.4 Å². The van der Waals surface area contributed by atoms with E-state index >= 15 is 0 Å². The van der Waals surface area contributed by atoms with E-state index in [2.05, 4.69) is 41.2 Å². The van der Waals surface area contributed by atoms with Gasteiger partial charge in [0.15, 0.2) is 5.78 Å². The maximum atomic E-state index is 12.7. The molecule has 2 N–H and O–H groups in total. The minimum atomic E-state index is -0.461. The summed E-state index contributed by atoms with van der Waals surface area (Å²) in [5.74, 6) is 0.977. The number of nitrogens with zero attached hydrogens (tertiary/aromatic N) is 1. The Balaban J connectivity index is 1.38. The van der Waals surface area contributed by atoms with E-state index in [1.807, 2.05) is 26.0 Å². The van der Waals surface area contributed by atoms with Crippen LogP contribution >= 0.6 is 0 Å². The molecule has 0 radical (unpaired) electrons. The molecule has 6 heteroatoms. The van der Waals surface area contributed by atoms with Gasteiger partial charge < -0.3 is 10.3 Å². The fraction of sp³-hybridized carbons (Fsp3) is 0.519. The molecule has 2 atom stereocenters. The Labute approximate surface area is 195 Å². The Bertz CT molecular complexity index is 1090. The average Bonchev–Trinajstić information content (AvgIpc) is 2.71. The van der Waals surface area contributed by atoms with Crippen molar-refractivity contribution in [3.05, 3.63) is 68.6 Å². The number of rotatable bonds is 5. The van der Waals surface area contributed by atoms with E-state index in [0.29, 0.717) is 30.6 Å². The maximum Gasteiger partial charge on any atom is 0.261 e. The first-order valence-corrected chi connectivity index (χ1v) is 12.0. The van der Waals surface area contributed by atoms with Gasteiger partial charge in [-0.05, 0) is 47.3 Å². The quantitative estimate of drug-likeness (QED) is 0.724. The zero-order valence-corrected chi connectivity index (χ0v) is 20.2. The molecule has 2 heterocycles. The summed E-state index contributed by atoms with van der Waals surface area (Å²) in [5.41, 5.74) is 2.69. The van der Waals surface area contributed by atoms with Crippen molar-refractivity contribution in [2.75, 3.05) is 13.1 Å². The van der Waals surface area contributed by atoms with Gasteiger partial charge in [0.2, 0.25) is 0 Å². The number of likely N-dealkylation sites (tertiary alicyclic amines) is 1. The summed E-state index contributed by atoms with van der Waals surface area (Å²) in [4.78, 5) is 43.0.